The summed E-state index contributed by atoms with van der Waals surface area (Å²) in [6.45, 7) is 70.4. The maximum Gasteiger partial charge on any atom is 0.216 e. The van der Waals surface area contributed by atoms with Crippen LogP contribution < -0.4 is 0 Å². The maximum atomic E-state index is 13.8. The standard InChI is InChI=1S/3C12H16F2.C12H17F.C11H15F2N.3C11H16FN.C10H15FN2/c1-7(2)9-5-10(8(3)4)12(14)6-11(9)13;1-7(2)9-5-10(8(3)4)12(14)11(13)6-9;1-7(2)9-5-6-10(13)11(8(3)4)12(9)14;1-8(2)10-5-6-12(13)11(7-10)9(3)4;1-6(2)10-8(12)5-9(13)11(14-10)7(3)4;1-7(2)9-5-11(8(3)4)13-6-10(9)12;1-7(2)9-5-10(8(3)4)11(12)13-6-9;1-7(2)10-6-5-9(12)11(13-10)8(3)4;1-6(2)9-8(11)5-12-10(13-9)7(3)4/h3*5-8H,1-4H3;5-9H,1-4H3;5-7H,1-4H3;3*5-8H,1-4H3;5-7H,1-4H3. The Morgan fingerprint density at radius 3 is 0.983 bits per heavy atom. The van der Waals surface area contributed by atoms with Crippen LogP contribution in [0.15, 0.2) is 104 Å². The highest BCUT2D eigenvalue weighted by Gasteiger charge is 2.22. The van der Waals surface area contributed by atoms with E-state index in [-0.39, 0.29) is 123 Å². The molecule has 5 aromatic heterocycles. The molecule has 0 fully saturated rings. The molecule has 4 aromatic carbocycles. The molecule has 9 aromatic rings. The summed E-state index contributed by atoms with van der Waals surface area (Å²) in [5.41, 5.74) is 11.6. The van der Waals surface area contributed by atoms with Crippen LogP contribution in [0, 0.1) is 75.8 Å². The Labute approximate surface area is 719 Å². The second-order valence-electron chi connectivity index (χ2n) is 36.3. The fraction of sp³-hybridized carbons (Fsp3) is 0.529. The Morgan fingerprint density at radius 2 is 0.570 bits per heavy atom. The van der Waals surface area contributed by atoms with Gasteiger partial charge in [-0.2, -0.15) is 4.39 Å². The van der Waals surface area contributed by atoms with Gasteiger partial charge >= 0.3 is 0 Å². The molecule has 9 rings (SSSR count). The predicted octanol–water partition coefficient (Wildman–Crippen LogP) is 33.6. The Bertz CT molecular complexity index is 4120. The first-order chi connectivity index (χ1) is 55.8. The van der Waals surface area contributed by atoms with Gasteiger partial charge in [0.15, 0.2) is 17.5 Å². The minimum absolute atomic E-state index is 0.0169. The smallest absolute Gasteiger partial charge is 0.216 e. The number of aromatic nitrogens is 6. The van der Waals surface area contributed by atoms with Crippen LogP contribution in [0.25, 0.3) is 0 Å². The highest BCUT2D eigenvalue weighted by Crippen LogP contribution is 2.33. The summed E-state index contributed by atoms with van der Waals surface area (Å²) in [5.74, 6) is -1.51. The zero-order valence-corrected chi connectivity index (χ0v) is 79.3. The van der Waals surface area contributed by atoms with Crippen molar-refractivity contribution < 1.29 is 57.1 Å². The van der Waals surface area contributed by atoms with Crippen molar-refractivity contribution in [3.05, 3.63) is 280 Å². The Kier molecular flexibility index (Phi) is 47.8. The van der Waals surface area contributed by atoms with E-state index in [0.717, 1.165) is 45.8 Å². The number of pyridine rings is 4. The minimum Gasteiger partial charge on any atom is -0.258 e. The van der Waals surface area contributed by atoms with Crippen molar-refractivity contribution in [3.8, 4) is 0 Å². The molecule has 121 heavy (non-hydrogen) atoms. The number of benzene rings is 4. The SMILES string of the molecule is CC(C)c1cc(C(C)C)c(F)cc1F.CC(C)c1cc(C(C)C)c(F)cn1.CC(C)c1cc(F)c(F)c(C(C)C)c1.CC(C)c1ccc(F)c(C(C)C)c1.CC(C)c1ccc(F)c(C(C)C)c1F.CC(C)c1ccc(F)c(C(C)C)n1.CC(C)c1cnc(F)c(C(C)C)c1.CC(C)c1nc(C(C)C)c(F)cc1F.CC(C)c1ncc(F)c(C(C)C)n1. The Balaban J connectivity index is 0.000000681. The van der Waals surface area contributed by atoms with E-state index in [4.69, 9.17) is 0 Å². The summed E-state index contributed by atoms with van der Waals surface area (Å²) in [6.07, 6.45) is 4.20. The van der Waals surface area contributed by atoms with Crippen LogP contribution in [0.3, 0.4) is 0 Å². The van der Waals surface area contributed by atoms with Crippen LogP contribution in [-0.2, 0) is 0 Å². The molecule has 6 nitrogen and oxygen atoms in total. The molecular formula is C102H143F13N6. The lowest BCUT2D eigenvalue weighted by atomic mass is 9.94. The van der Waals surface area contributed by atoms with E-state index in [9.17, 15) is 57.1 Å². The van der Waals surface area contributed by atoms with Crippen molar-refractivity contribution in [1.82, 2.24) is 29.9 Å². The summed E-state index contributed by atoms with van der Waals surface area (Å²) in [4.78, 5) is 24.2. The third-order valence-corrected chi connectivity index (χ3v) is 19.7. The monoisotopic (exact) mass is 1700 g/mol. The van der Waals surface area contributed by atoms with Gasteiger partial charge in [0.05, 0.1) is 35.2 Å². The summed E-state index contributed by atoms with van der Waals surface area (Å²) in [6, 6.07) is 21.9. The van der Waals surface area contributed by atoms with E-state index in [1.54, 1.807) is 44.3 Å². The van der Waals surface area contributed by atoms with E-state index in [1.807, 2.05) is 204 Å². The van der Waals surface area contributed by atoms with E-state index < -0.39 is 40.7 Å². The number of hydrogen-bond donors (Lipinski definition) is 0. The van der Waals surface area contributed by atoms with Crippen LogP contribution >= 0.6 is 0 Å². The predicted molar refractivity (Wildman–Crippen MR) is 478 cm³/mol. The van der Waals surface area contributed by atoms with Crippen LogP contribution in [-0.4, -0.2) is 29.9 Å². The highest BCUT2D eigenvalue weighted by atomic mass is 19.2. The van der Waals surface area contributed by atoms with E-state index in [1.165, 1.54) is 42.2 Å². The average Bonchev–Trinajstić information content (AvgIpc) is 0.829. The fourth-order valence-electron chi connectivity index (χ4n) is 11.8. The first kappa shape index (κ1) is 111. The van der Waals surface area contributed by atoms with E-state index in [2.05, 4.69) is 85.3 Å². The molecule has 19 heteroatoms. The number of nitrogens with zero attached hydrogens (tertiary/aromatic N) is 6. The molecule has 0 atom stereocenters. The van der Waals surface area contributed by atoms with Crippen molar-refractivity contribution in [3.63, 3.8) is 0 Å². The molecule has 0 saturated heterocycles. The first-order valence-corrected chi connectivity index (χ1v) is 42.9. The van der Waals surface area contributed by atoms with E-state index >= 15 is 0 Å². The molecule has 0 amide bonds. The van der Waals surface area contributed by atoms with Crippen molar-refractivity contribution >= 4 is 0 Å². The van der Waals surface area contributed by atoms with Gasteiger partial charge in [-0.05, 0) is 199 Å². The molecular weight excluding hydrogens is 1560 g/mol. The summed E-state index contributed by atoms with van der Waals surface area (Å²) in [7, 11) is 0. The van der Waals surface area contributed by atoms with Crippen LogP contribution in [0.5, 0.6) is 0 Å². The van der Waals surface area contributed by atoms with Gasteiger partial charge in [-0.25, -0.2) is 67.6 Å². The topological polar surface area (TPSA) is 77.3 Å². The summed E-state index contributed by atoms with van der Waals surface area (Å²) in [5, 5.41) is 0. The molecule has 0 radical (unpaired) electrons. The van der Waals surface area contributed by atoms with Crippen LogP contribution in [0.4, 0.5) is 57.1 Å². The lowest BCUT2D eigenvalue weighted by molar-refractivity contribution is 0.491. The summed E-state index contributed by atoms with van der Waals surface area (Å²) < 4.78 is 173. The third kappa shape index (κ3) is 35.8. The van der Waals surface area contributed by atoms with Crippen molar-refractivity contribution in [2.75, 3.05) is 0 Å². The molecule has 0 saturated carbocycles. The second-order valence-corrected chi connectivity index (χ2v) is 36.3. The zero-order valence-electron chi connectivity index (χ0n) is 79.3. The summed E-state index contributed by atoms with van der Waals surface area (Å²) >= 11 is 0. The van der Waals surface area contributed by atoms with Gasteiger partial charge in [0.25, 0.3) is 0 Å². The third-order valence-electron chi connectivity index (χ3n) is 19.7. The van der Waals surface area contributed by atoms with Gasteiger partial charge in [0.2, 0.25) is 5.95 Å². The van der Waals surface area contributed by atoms with Crippen LogP contribution in [0.2, 0.25) is 0 Å². The number of halogens is 13. The lowest BCUT2D eigenvalue weighted by Gasteiger charge is -2.14. The van der Waals surface area contributed by atoms with Crippen molar-refractivity contribution in [2.45, 2.75) is 356 Å². The number of rotatable bonds is 18. The average molecular weight is 1700 g/mol. The second kappa shape index (κ2) is 52.3. The largest absolute Gasteiger partial charge is 0.258 e. The molecule has 0 aliphatic carbocycles. The van der Waals surface area contributed by atoms with Crippen molar-refractivity contribution in [1.29, 1.82) is 0 Å². The Hall–Kier alpha value is -8.35. The minimum atomic E-state index is -0.736. The molecule has 672 valence electrons. The van der Waals surface area contributed by atoms with E-state index in [0.29, 0.717) is 80.1 Å². The van der Waals surface area contributed by atoms with Crippen LogP contribution in [0.1, 0.15) is 457 Å². The van der Waals surface area contributed by atoms with Gasteiger partial charge in [-0.3, -0.25) is 15.0 Å². The molecule has 0 spiro atoms. The molecule has 0 aliphatic rings. The van der Waals surface area contributed by atoms with Gasteiger partial charge in [-0.15, -0.1) is 0 Å². The highest BCUT2D eigenvalue weighted by molar-refractivity contribution is 5.35. The maximum absolute atomic E-state index is 13.8. The normalized spacial score (nSPS) is 11.4. The van der Waals surface area contributed by atoms with Gasteiger partial charge in [0, 0.05) is 46.8 Å². The van der Waals surface area contributed by atoms with Crippen molar-refractivity contribution in [2.24, 2.45) is 0 Å². The first-order valence-electron chi connectivity index (χ1n) is 42.9. The van der Waals surface area contributed by atoms with Gasteiger partial charge in [-0.1, -0.05) is 274 Å². The van der Waals surface area contributed by atoms with Gasteiger partial charge < -0.3 is 0 Å². The molecule has 0 bridgehead atoms. The lowest BCUT2D eigenvalue weighted by Crippen LogP contribution is -2.06. The number of hydrogen-bond acceptors (Lipinski definition) is 6. The fourth-order valence-corrected chi connectivity index (χ4v) is 11.8. The van der Waals surface area contributed by atoms with Gasteiger partial charge in [0.1, 0.15) is 58.2 Å². The zero-order chi connectivity index (χ0) is 93.6. The molecule has 0 aliphatic heterocycles. The quantitative estimate of drug-likeness (QED) is 0.0629. The Morgan fingerprint density at radius 1 is 0.190 bits per heavy atom. The molecule has 0 N–H and O–H groups in total. The molecule has 5 heterocycles. The molecule has 0 unspecified atom stereocenters.